The summed E-state index contributed by atoms with van der Waals surface area (Å²) in [5, 5.41) is 9.73. The molecule has 1 aromatic rings. The van der Waals surface area contributed by atoms with Gasteiger partial charge < -0.3 is 9.84 Å². The fourth-order valence-corrected chi connectivity index (χ4v) is 2.55. The molecule has 0 bridgehead atoms. The smallest absolute Gasteiger partial charge is 0.235 e. The lowest BCUT2D eigenvalue weighted by molar-refractivity contribution is 0.363. The Kier molecular flexibility index (Phi) is 3.34. The molecule has 1 saturated carbocycles. The Balaban J connectivity index is 2.55. The van der Waals surface area contributed by atoms with Gasteiger partial charge in [-0.05, 0) is 18.9 Å². The van der Waals surface area contributed by atoms with Gasteiger partial charge in [0, 0.05) is 11.6 Å². The predicted molar refractivity (Wildman–Crippen MR) is 62.9 cm³/mol. The van der Waals surface area contributed by atoms with Crippen molar-refractivity contribution in [2.45, 2.75) is 31.2 Å². The zero-order chi connectivity index (χ0) is 13.2. The van der Waals surface area contributed by atoms with Crippen molar-refractivity contribution in [2.24, 2.45) is 4.99 Å². The molecule has 0 unspecified atom stereocenters. The number of nitrogens with zero attached hydrogens (tertiary/aromatic N) is 1. The van der Waals surface area contributed by atoms with Crippen LogP contribution in [0.4, 0.5) is 4.39 Å². The molecule has 0 aromatic heterocycles. The van der Waals surface area contributed by atoms with Crippen molar-refractivity contribution in [3.63, 3.8) is 0 Å². The van der Waals surface area contributed by atoms with Crippen LogP contribution in [0.25, 0.3) is 0 Å². The summed E-state index contributed by atoms with van der Waals surface area (Å²) in [5.74, 6) is -0.605. The van der Waals surface area contributed by atoms with Crippen LogP contribution < -0.4 is 4.74 Å². The van der Waals surface area contributed by atoms with Gasteiger partial charge in [0.1, 0.15) is 11.4 Å². The standard InChI is InChI=1S/C13H14FNO3/c1-18-12-7-10(14)9(6-11(12)17)13(15-8-16)4-2-3-5-13/h6-7,17H,2-5H2,1H3. The number of hydrogen-bond acceptors (Lipinski definition) is 4. The van der Waals surface area contributed by atoms with Crippen LogP contribution in [0.3, 0.4) is 0 Å². The second kappa shape index (κ2) is 4.78. The lowest BCUT2D eigenvalue weighted by Crippen LogP contribution is -2.20. The van der Waals surface area contributed by atoms with E-state index in [0.29, 0.717) is 12.8 Å². The van der Waals surface area contributed by atoms with Crippen molar-refractivity contribution >= 4 is 6.08 Å². The normalized spacial score (nSPS) is 17.2. The van der Waals surface area contributed by atoms with Crippen LogP contribution >= 0.6 is 0 Å². The van der Waals surface area contributed by atoms with E-state index in [1.54, 1.807) is 0 Å². The quantitative estimate of drug-likeness (QED) is 0.663. The lowest BCUT2D eigenvalue weighted by Gasteiger charge is -2.24. The molecule has 18 heavy (non-hydrogen) atoms. The number of ether oxygens (including phenoxy) is 1. The number of halogens is 1. The summed E-state index contributed by atoms with van der Waals surface area (Å²) in [6, 6.07) is 2.41. The molecular weight excluding hydrogens is 237 g/mol. The van der Waals surface area contributed by atoms with Crippen LogP contribution in [0.2, 0.25) is 0 Å². The van der Waals surface area contributed by atoms with Gasteiger partial charge in [-0.2, -0.15) is 4.99 Å². The van der Waals surface area contributed by atoms with Crippen molar-refractivity contribution in [2.75, 3.05) is 7.11 Å². The van der Waals surface area contributed by atoms with Gasteiger partial charge in [0.2, 0.25) is 6.08 Å². The average Bonchev–Trinajstić information content (AvgIpc) is 2.81. The zero-order valence-corrected chi connectivity index (χ0v) is 10.1. The second-order valence-corrected chi connectivity index (χ2v) is 4.45. The van der Waals surface area contributed by atoms with E-state index in [-0.39, 0.29) is 17.1 Å². The van der Waals surface area contributed by atoms with E-state index < -0.39 is 11.4 Å². The first-order valence-electron chi connectivity index (χ1n) is 5.79. The molecule has 2 rings (SSSR count). The highest BCUT2D eigenvalue weighted by molar-refractivity contribution is 5.47. The summed E-state index contributed by atoms with van der Waals surface area (Å²) < 4.78 is 18.9. The van der Waals surface area contributed by atoms with Crippen LogP contribution in [0.1, 0.15) is 31.2 Å². The van der Waals surface area contributed by atoms with Gasteiger partial charge in [0.05, 0.1) is 7.11 Å². The molecule has 0 radical (unpaired) electrons. The number of carbonyl (C=O) groups excluding carboxylic acids is 1. The SMILES string of the molecule is COc1cc(F)c(C2(N=C=O)CCCC2)cc1O. The molecule has 1 fully saturated rings. The van der Waals surface area contributed by atoms with E-state index in [2.05, 4.69) is 4.99 Å². The summed E-state index contributed by atoms with van der Waals surface area (Å²) in [4.78, 5) is 14.3. The van der Waals surface area contributed by atoms with Crippen molar-refractivity contribution in [1.82, 2.24) is 0 Å². The van der Waals surface area contributed by atoms with E-state index >= 15 is 0 Å². The van der Waals surface area contributed by atoms with Crippen LogP contribution in [-0.2, 0) is 10.3 Å². The molecule has 0 saturated heterocycles. The van der Waals surface area contributed by atoms with Crippen LogP contribution in [0, 0.1) is 5.82 Å². The Morgan fingerprint density at radius 3 is 2.67 bits per heavy atom. The molecule has 1 N–H and O–H groups in total. The van der Waals surface area contributed by atoms with Gasteiger partial charge in [-0.3, -0.25) is 0 Å². The molecule has 0 heterocycles. The Bertz CT molecular complexity index is 503. The molecule has 0 amide bonds. The van der Waals surface area contributed by atoms with Crippen molar-refractivity contribution < 1.29 is 19.0 Å². The lowest BCUT2D eigenvalue weighted by atomic mass is 9.88. The number of phenolic OH excluding ortho intramolecular Hbond substituents is 1. The van der Waals surface area contributed by atoms with Gasteiger partial charge in [0.15, 0.2) is 11.5 Å². The summed E-state index contributed by atoms with van der Waals surface area (Å²) in [6.45, 7) is 0. The van der Waals surface area contributed by atoms with Crippen LogP contribution in [-0.4, -0.2) is 18.3 Å². The second-order valence-electron chi connectivity index (χ2n) is 4.45. The third-order valence-electron chi connectivity index (χ3n) is 3.46. The Labute approximate surface area is 104 Å². The minimum absolute atomic E-state index is 0.0690. The number of benzene rings is 1. The molecule has 1 aromatic carbocycles. The van der Waals surface area contributed by atoms with Gasteiger partial charge in [-0.15, -0.1) is 0 Å². The van der Waals surface area contributed by atoms with Gasteiger partial charge in [0.25, 0.3) is 0 Å². The minimum atomic E-state index is -0.879. The number of phenols is 1. The van der Waals surface area contributed by atoms with Crippen molar-refractivity contribution in [3.05, 3.63) is 23.5 Å². The maximum Gasteiger partial charge on any atom is 0.235 e. The molecule has 0 spiro atoms. The first-order valence-corrected chi connectivity index (χ1v) is 5.79. The Hall–Kier alpha value is -1.87. The van der Waals surface area contributed by atoms with E-state index in [1.807, 2.05) is 0 Å². The minimum Gasteiger partial charge on any atom is -0.504 e. The molecule has 1 aliphatic rings. The average molecular weight is 251 g/mol. The Morgan fingerprint density at radius 1 is 1.44 bits per heavy atom. The van der Waals surface area contributed by atoms with Gasteiger partial charge in [-0.25, -0.2) is 9.18 Å². The molecule has 5 heteroatoms. The fraction of sp³-hybridized carbons (Fsp3) is 0.462. The monoisotopic (exact) mass is 251 g/mol. The highest BCUT2D eigenvalue weighted by Gasteiger charge is 2.38. The van der Waals surface area contributed by atoms with Crippen LogP contribution in [0.15, 0.2) is 17.1 Å². The summed E-state index contributed by atoms with van der Waals surface area (Å²) in [7, 11) is 1.35. The third-order valence-corrected chi connectivity index (χ3v) is 3.46. The first kappa shape index (κ1) is 12.6. The van der Waals surface area contributed by atoms with Gasteiger partial charge >= 0.3 is 0 Å². The molecule has 96 valence electrons. The summed E-state index contributed by atoms with van der Waals surface area (Å²) in [5.41, 5.74) is -0.642. The summed E-state index contributed by atoms with van der Waals surface area (Å²) >= 11 is 0. The van der Waals surface area contributed by atoms with Gasteiger partial charge in [-0.1, -0.05) is 12.8 Å². The number of methoxy groups -OCH3 is 1. The molecule has 1 aliphatic carbocycles. The number of aliphatic imine (C=N–C) groups is 1. The van der Waals surface area contributed by atoms with Crippen LogP contribution in [0.5, 0.6) is 11.5 Å². The molecule has 0 aliphatic heterocycles. The largest absolute Gasteiger partial charge is 0.504 e. The van der Waals surface area contributed by atoms with E-state index in [1.165, 1.54) is 19.3 Å². The summed E-state index contributed by atoms with van der Waals surface area (Å²) in [6.07, 6.45) is 4.44. The third kappa shape index (κ3) is 1.97. The zero-order valence-electron chi connectivity index (χ0n) is 10.1. The van der Waals surface area contributed by atoms with E-state index in [0.717, 1.165) is 18.9 Å². The van der Waals surface area contributed by atoms with E-state index in [9.17, 15) is 14.3 Å². The highest BCUT2D eigenvalue weighted by Crippen LogP contribution is 2.45. The fourth-order valence-electron chi connectivity index (χ4n) is 2.55. The molecule has 4 nitrogen and oxygen atoms in total. The molecular formula is C13H14FNO3. The number of hydrogen-bond donors (Lipinski definition) is 1. The number of rotatable bonds is 3. The predicted octanol–water partition coefficient (Wildman–Crippen LogP) is 2.65. The Morgan fingerprint density at radius 2 is 2.11 bits per heavy atom. The maximum absolute atomic E-state index is 14.1. The topological polar surface area (TPSA) is 58.9 Å². The maximum atomic E-state index is 14.1. The first-order chi connectivity index (χ1) is 8.63. The van der Waals surface area contributed by atoms with E-state index in [4.69, 9.17) is 4.74 Å². The van der Waals surface area contributed by atoms with Crippen molar-refractivity contribution in [3.8, 4) is 11.5 Å². The highest BCUT2D eigenvalue weighted by atomic mass is 19.1. The van der Waals surface area contributed by atoms with Crippen molar-refractivity contribution in [1.29, 1.82) is 0 Å². The number of aromatic hydroxyl groups is 1. The number of isocyanates is 1. The molecule has 0 atom stereocenters.